The number of unbranched alkanes of at least 4 members (excludes halogenated alkanes) is 6. The normalized spacial score (nSPS) is 10.5. The second-order valence-electron chi connectivity index (χ2n) is 14.3. The summed E-state index contributed by atoms with van der Waals surface area (Å²) in [6.45, 7) is 2.60. The summed E-state index contributed by atoms with van der Waals surface area (Å²) in [7, 11) is 0. The Labute approximate surface area is 366 Å². The first kappa shape index (κ1) is 52.7. The quantitative estimate of drug-likeness (QED) is 0.0241. The Balaban J connectivity index is 1.45. The Hall–Kier alpha value is -6.39. The predicted octanol–water partition coefficient (Wildman–Crippen LogP) is 1.93. The molecule has 0 saturated carbocycles. The van der Waals surface area contributed by atoms with Crippen LogP contribution < -0.4 is 26.7 Å². The fraction of sp³-hybridized carbons (Fsp3) is 0.537. The molecule has 0 bridgehead atoms. The number of urea groups is 1. The van der Waals surface area contributed by atoms with Crippen molar-refractivity contribution in [2.75, 3.05) is 39.3 Å². The molecule has 22 nitrogen and oxygen atoms in total. The number of pyridine rings is 2. The largest absolute Gasteiger partial charge is 0.356 e. The molecule has 0 fully saturated rings. The lowest BCUT2D eigenvalue weighted by Crippen LogP contribution is -2.38. The smallest absolute Gasteiger partial charge is 0.341 e. The molecule has 8 N–H and O–H groups in total. The molecule has 63 heavy (non-hydrogen) atoms. The zero-order valence-corrected chi connectivity index (χ0v) is 35.8. The lowest BCUT2D eigenvalue weighted by molar-refractivity contribution is -0.166. The zero-order valence-electron chi connectivity index (χ0n) is 35.8. The van der Waals surface area contributed by atoms with Crippen molar-refractivity contribution >= 4 is 53.1 Å². The number of nitrogens with zero attached hydrogens (tertiary/aromatic N) is 6. The molecule has 2 aromatic heterocycles. The topological polar surface area (TPSA) is 305 Å². The lowest BCUT2D eigenvalue weighted by atomic mass is 10.1. The number of carbonyl (C=O) groups excluding carboxylic acids is 8. The molecule has 0 aliphatic heterocycles. The van der Waals surface area contributed by atoms with E-state index in [1.165, 1.54) is 6.92 Å². The van der Waals surface area contributed by atoms with Gasteiger partial charge < -0.3 is 16.0 Å². The number of imide groups is 1. The van der Waals surface area contributed by atoms with Crippen molar-refractivity contribution in [2.24, 2.45) is 5.10 Å². The van der Waals surface area contributed by atoms with E-state index in [0.717, 1.165) is 0 Å². The standard InChI is InChI=1S/C41H61N11O11/c1-31(53)50(61)28-12-2-7-26-45-35(55)19-21-38(58)52(63)30-14-4-9-27-46-36(56)20-22-39(59)51(62)29-13-3-8-25-44-34(54)17-18-37(57)47-41(60)49-48-40(32-15-5-10-23-42-32)33-16-6-11-24-43-33/h5-6,10-11,15-16,23-24,61-63H,2-4,7-9,12-14,17-22,25-30H2,1H3,(H,44,54)(H,45,55)(H,46,56)(H2,47,49,57,60). The summed E-state index contributed by atoms with van der Waals surface area (Å²) in [5, 5.41) is 45.3. The number of carbonyl (C=O) groups is 8. The highest BCUT2D eigenvalue weighted by molar-refractivity contribution is 6.10. The summed E-state index contributed by atoms with van der Waals surface area (Å²) in [6, 6.07) is 9.46. The second-order valence-corrected chi connectivity index (χ2v) is 14.3. The number of rotatable bonds is 30. The number of hydroxylamine groups is 6. The van der Waals surface area contributed by atoms with Crippen LogP contribution in [-0.4, -0.2) is 133 Å². The highest BCUT2D eigenvalue weighted by atomic mass is 16.5. The van der Waals surface area contributed by atoms with Crippen LogP contribution in [0.3, 0.4) is 0 Å². The molecule has 2 aromatic rings. The molecule has 0 atom stereocenters. The van der Waals surface area contributed by atoms with Gasteiger partial charge in [0.2, 0.25) is 41.4 Å². The van der Waals surface area contributed by atoms with Gasteiger partial charge in [0.1, 0.15) is 5.71 Å². The van der Waals surface area contributed by atoms with Crippen molar-refractivity contribution in [2.45, 2.75) is 103 Å². The number of hydrazone groups is 1. The molecular formula is C41H61N11O11. The SMILES string of the molecule is CC(=O)N(O)CCCCCNC(=O)CCC(=O)N(O)CCCCCNC(=O)CCC(=O)N(O)CCCCCNC(=O)CCC(=O)NC(=O)NN=C(c1ccccn1)c1ccccn1. The molecule has 0 radical (unpaired) electrons. The zero-order chi connectivity index (χ0) is 46.2. The first-order valence-electron chi connectivity index (χ1n) is 21.0. The van der Waals surface area contributed by atoms with Gasteiger partial charge in [-0.05, 0) is 82.1 Å². The molecule has 9 amide bonds. The maximum absolute atomic E-state index is 12.3. The van der Waals surface area contributed by atoms with Gasteiger partial charge in [-0.2, -0.15) is 5.10 Å². The van der Waals surface area contributed by atoms with Crippen LogP contribution in [0.15, 0.2) is 53.9 Å². The first-order chi connectivity index (χ1) is 30.3. The van der Waals surface area contributed by atoms with E-state index in [9.17, 15) is 54.0 Å². The van der Waals surface area contributed by atoms with Crippen LogP contribution in [0.1, 0.15) is 115 Å². The van der Waals surface area contributed by atoms with E-state index >= 15 is 0 Å². The minimum absolute atomic E-state index is 0.0418. The van der Waals surface area contributed by atoms with Crippen molar-refractivity contribution in [1.29, 1.82) is 0 Å². The van der Waals surface area contributed by atoms with E-state index < -0.39 is 35.6 Å². The molecule has 0 spiro atoms. The van der Waals surface area contributed by atoms with Crippen LogP contribution in [-0.2, 0) is 33.6 Å². The minimum Gasteiger partial charge on any atom is -0.356 e. The van der Waals surface area contributed by atoms with Crippen LogP contribution >= 0.6 is 0 Å². The van der Waals surface area contributed by atoms with Gasteiger partial charge in [-0.15, -0.1) is 0 Å². The van der Waals surface area contributed by atoms with Gasteiger partial charge in [0.15, 0.2) is 0 Å². The molecule has 0 saturated heterocycles. The summed E-state index contributed by atoms with van der Waals surface area (Å²) in [6.07, 6.45) is 7.31. The molecule has 0 aliphatic carbocycles. The van der Waals surface area contributed by atoms with Gasteiger partial charge in [0, 0.05) is 97.1 Å². The molecule has 22 heteroatoms. The van der Waals surface area contributed by atoms with Crippen molar-refractivity contribution in [1.82, 2.24) is 51.9 Å². The maximum Gasteiger partial charge on any atom is 0.341 e. The molecule has 2 rings (SSSR count). The maximum atomic E-state index is 12.3. The number of amides is 9. The lowest BCUT2D eigenvalue weighted by Gasteiger charge is -2.15. The van der Waals surface area contributed by atoms with Crippen molar-refractivity contribution in [3.05, 3.63) is 60.2 Å². The predicted molar refractivity (Wildman–Crippen MR) is 225 cm³/mol. The third kappa shape index (κ3) is 24.6. The molecule has 0 aromatic carbocycles. The number of hydrogen-bond donors (Lipinski definition) is 8. The average molecular weight is 884 g/mol. The molecule has 346 valence electrons. The van der Waals surface area contributed by atoms with Crippen molar-refractivity contribution in [3.8, 4) is 0 Å². The molecule has 0 aliphatic rings. The molecular weight excluding hydrogens is 823 g/mol. The van der Waals surface area contributed by atoms with Crippen LogP contribution in [0.4, 0.5) is 4.79 Å². The van der Waals surface area contributed by atoms with Crippen LogP contribution in [0.2, 0.25) is 0 Å². The molecule has 0 unspecified atom stereocenters. The van der Waals surface area contributed by atoms with Gasteiger partial charge in [-0.1, -0.05) is 12.1 Å². The average Bonchev–Trinajstić information content (AvgIpc) is 3.27. The van der Waals surface area contributed by atoms with E-state index in [-0.39, 0.29) is 75.7 Å². The summed E-state index contributed by atoms with van der Waals surface area (Å²) >= 11 is 0. The summed E-state index contributed by atoms with van der Waals surface area (Å²) < 4.78 is 0. The Bertz CT molecular complexity index is 1740. The third-order valence-corrected chi connectivity index (χ3v) is 9.09. The Morgan fingerprint density at radius 1 is 0.524 bits per heavy atom. The first-order valence-corrected chi connectivity index (χ1v) is 21.0. The van der Waals surface area contributed by atoms with E-state index in [1.54, 1.807) is 48.8 Å². The fourth-order valence-electron chi connectivity index (χ4n) is 5.55. The Kier molecular flexibility index (Phi) is 26.3. The van der Waals surface area contributed by atoms with Gasteiger partial charge in [-0.25, -0.2) is 25.4 Å². The van der Waals surface area contributed by atoms with E-state index in [4.69, 9.17) is 0 Å². The monoisotopic (exact) mass is 883 g/mol. The van der Waals surface area contributed by atoms with Crippen LogP contribution in [0.25, 0.3) is 0 Å². The summed E-state index contributed by atoms with van der Waals surface area (Å²) in [5.41, 5.74) is 3.45. The number of nitrogens with one attached hydrogen (secondary N) is 5. The number of aromatic nitrogens is 2. The third-order valence-electron chi connectivity index (χ3n) is 9.09. The number of hydrogen-bond acceptors (Lipinski definition) is 14. The summed E-state index contributed by atoms with van der Waals surface area (Å²) in [5.74, 6) is -3.39. The highest BCUT2D eigenvalue weighted by Gasteiger charge is 2.16. The summed E-state index contributed by atoms with van der Waals surface area (Å²) in [4.78, 5) is 105. The second kappa shape index (κ2) is 31.5. The highest BCUT2D eigenvalue weighted by Crippen LogP contribution is 2.07. The van der Waals surface area contributed by atoms with Crippen molar-refractivity contribution < 1.29 is 54.0 Å². The van der Waals surface area contributed by atoms with E-state index in [1.807, 2.05) is 0 Å². The van der Waals surface area contributed by atoms with Gasteiger partial charge >= 0.3 is 6.03 Å². The Morgan fingerprint density at radius 2 is 0.921 bits per heavy atom. The molecule has 2 heterocycles. The van der Waals surface area contributed by atoms with Crippen LogP contribution in [0, 0.1) is 0 Å². The van der Waals surface area contributed by atoms with Gasteiger partial charge in [0.25, 0.3) is 0 Å². The van der Waals surface area contributed by atoms with E-state index in [0.29, 0.717) is 104 Å². The van der Waals surface area contributed by atoms with Gasteiger partial charge in [0.05, 0.1) is 11.4 Å². The minimum atomic E-state index is -0.888. The Morgan fingerprint density at radius 3 is 1.32 bits per heavy atom. The fourth-order valence-corrected chi connectivity index (χ4v) is 5.55. The van der Waals surface area contributed by atoms with Gasteiger partial charge in [-0.3, -0.25) is 64.5 Å². The van der Waals surface area contributed by atoms with E-state index in [2.05, 4.69) is 41.8 Å². The van der Waals surface area contributed by atoms with Crippen LogP contribution in [0.5, 0.6) is 0 Å². The van der Waals surface area contributed by atoms with Crippen molar-refractivity contribution in [3.63, 3.8) is 0 Å².